The Morgan fingerprint density at radius 2 is 1.81 bits per heavy atom. The van der Waals surface area contributed by atoms with Crippen LogP contribution in [0.1, 0.15) is 43.0 Å². The molecule has 1 aliphatic carbocycles. The van der Waals surface area contributed by atoms with Crippen LogP contribution in [0.25, 0.3) is 11.0 Å². The van der Waals surface area contributed by atoms with Gasteiger partial charge in [-0.3, -0.25) is 14.2 Å². The smallest absolute Gasteiger partial charge is 0.326 e. The molecule has 4 rings (SSSR count). The second kappa shape index (κ2) is 11.3. The van der Waals surface area contributed by atoms with Crippen molar-refractivity contribution >= 4 is 50.6 Å². The number of rotatable bonds is 8. The molecular weight excluding hydrogens is 492 g/mol. The predicted octanol–water partition coefficient (Wildman–Crippen LogP) is 2.97. The Balaban J connectivity index is 1.45. The maximum atomic E-state index is 13.1. The number of aromatic nitrogens is 3. The summed E-state index contributed by atoms with van der Waals surface area (Å²) in [5, 5.41) is 3.50. The zero-order valence-electron chi connectivity index (χ0n) is 21.3. The minimum Gasteiger partial charge on any atom is -0.326 e. The quantitative estimate of drug-likeness (QED) is 0.344. The van der Waals surface area contributed by atoms with Gasteiger partial charge < -0.3 is 5.32 Å². The standard InChI is InChI=1S/C26H32N6O4S/c1-18(33)30-22-10-8-19(9-11-22)14-24(34)32-13-12-23-25(28-17-29-26(23)32)31(3)15-20-4-6-21(7-5-20)16-37(35,36)27-2/h8-13,15,17,20-21,27H,4-7,14,16H2,1-3H3/p+1. The SMILES string of the molecule is CNS(=O)(=O)CC1CCC(C=[N+](C)c2ncnc3c2ccn3C(=O)Cc2ccc(NC(C)=O)cc2)CC1. The van der Waals surface area contributed by atoms with Gasteiger partial charge in [-0.15, -0.1) is 0 Å². The Kier molecular flexibility index (Phi) is 8.13. The summed E-state index contributed by atoms with van der Waals surface area (Å²) >= 11 is 0. The van der Waals surface area contributed by atoms with E-state index in [0.717, 1.165) is 42.5 Å². The summed E-state index contributed by atoms with van der Waals surface area (Å²) in [5.41, 5.74) is 2.06. The highest BCUT2D eigenvalue weighted by Crippen LogP contribution is 2.29. The van der Waals surface area contributed by atoms with E-state index < -0.39 is 10.0 Å². The number of carbonyl (C=O) groups is 2. The molecule has 2 aromatic heterocycles. The minimum atomic E-state index is -3.19. The summed E-state index contributed by atoms with van der Waals surface area (Å²) in [4.78, 5) is 33.1. The summed E-state index contributed by atoms with van der Waals surface area (Å²) in [6, 6.07) is 9.04. The highest BCUT2D eigenvalue weighted by Gasteiger charge is 2.26. The zero-order valence-corrected chi connectivity index (χ0v) is 22.2. The van der Waals surface area contributed by atoms with E-state index in [9.17, 15) is 18.0 Å². The Morgan fingerprint density at radius 3 is 2.46 bits per heavy atom. The third kappa shape index (κ3) is 6.66. The van der Waals surface area contributed by atoms with Gasteiger partial charge in [-0.1, -0.05) is 12.1 Å². The number of hydrogen-bond acceptors (Lipinski definition) is 6. The van der Waals surface area contributed by atoms with E-state index in [0.29, 0.717) is 17.3 Å². The second-order valence-corrected chi connectivity index (χ2v) is 11.6. The van der Waals surface area contributed by atoms with E-state index in [1.807, 2.05) is 29.8 Å². The maximum absolute atomic E-state index is 13.1. The van der Waals surface area contributed by atoms with Crippen molar-refractivity contribution in [2.24, 2.45) is 11.8 Å². The highest BCUT2D eigenvalue weighted by molar-refractivity contribution is 7.89. The van der Waals surface area contributed by atoms with Crippen LogP contribution < -0.4 is 10.0 Å². The Bertz CT molecular complexity index is 1420. The number of carbonyl (C=O) groups excluding carboxylic acids is 2. The van der Waals surface area contributed by atoms with Crippen molar-refractivity contribution in [3.8, 4) is 0 Å². The molecule has 11 heteroatoms. The first-order valence-corrected chi connectivity index (χ1v) is 14.0. The number of fused-ring (bicyclic) bond motifs is 1. The van der Waals surface area contributed by atoms with Gasteiger partial charge >= 0.3 is 5.82 Å². The van der Waals surface area contributed by atoms with Gasteiger partial charge in [0, 0.05) is 24.7 Å². The van der Waals surface area contributed by atoms with Crippen LogP contribution in [0.15, 0.2) is 42.9 Å². The molecule has 3 aromatic rings. The number of amides is 1. The maximum Gasteiger partial charge on any atom is 0.335 e. The zero-order chi connectivity index (χ0) is 26.6. The van der Waals surface area contributed by atoms with Gasteiger partial charge in [0.05, 0.1) is 25.4 Å². The van der Waals surface area contributed by atoms with Crippen molar-refractivity contribution in [3.05, 3.63) is 48.4 Å². The van der Waals surface area contributed by atoms with Gasteiger partial charge in [-0.25, -0.2) is 17.7 Å². The fraction of sp³-hybridized carbons (Fsp3) is 0.423. The van der Waals surface area contributed by atoms with Crippen LogP contribution in [0.5, 0.6) is 0 Å². The molecule has 1 aliphatic rings. The molecule has 0 atom stereocenters. The van der Waals surface area contributed by atoms with Gasteiger partial charge in [0.2, 0.25) is 28.2 Å². The van der Waals surface area contributed by atoms with E-state index in [1.54, 1.807) is 22.9 Å². The third-order valence-electron chi connectivity index (χ3n) is 6.78. The van der Waals surface area contributed by atoms with Gasteiger partial charge in [-0.05, 0) is 67.4 Å². The molecule has 0 saturated heterocycles. The van der Waals surface area contributed by atoms with Crippen LogP contribution in [0, 0.1) is 11.8 Å². The lowest BCUT2D eigenvalue weighted by Crippen LogP contribution is -2.29. The Labute approximate surface area is 216 Å². The summed E-state index contributed by atoms with van der Waals surface area (Å²) in [6.07, 6.45) is 9.09. The first-order chi connectivity index (χ1) is 17.6. The molecule has 1 saturated carbocycles. The van der Waals surface area contributed by atoms with Gasteiger partial charge in [0.25, 0.3) is 0 Å². The molecule has 196 valence electrons. The fourth-order valence-corrected chi connectivity index (χ4v) is 5.99. The number of anilines is 1. The number of hydrogen-bond donors (Lipinski definition) is 2. The van der Waals surface area contributed by atoms with Crippen molar-refractivity contribution in [2.75, 3.05) is 25.2 Å². The topological polar surface area (TPSA) is 126 Å². The lowest BCUT2D eigenvalue weighted by atomic mass is 9.83. The molecule has 0 bridgehead atoms. The molecule has 37 heavy (non-hydrogen) atoms. The number of benzene rings is 1. The summed E-state index contributed by atoms with van der Waals surface area (Å²) < 4.78 is 29.6. The van der Waals surface area contributed by atoms with Crippen LogP contribution in [-0.2, 0) is 21.2 Å². The molecule has 0 spiro atoms. The molecule has 0 unspecified atom stereocenters. The minimum absolute atomic E-state index is 0.117. The van der Waals surface area contributed by atoms with Gasteiger partial charge in [-0.2, -0.15) is 4.98 Å². The lowest BCUT2D eigenvalue weighted by molar-refractivity contribution is -0.405. The summed E-state index contributed by atoms with van der Waals surface area (Å²) in [7, 11) is 0.207. The van der Waals surface area contributed by atoms with E-state index in [-0.39, 0.29) is 29.9 Å². The van der Waals surface area contributed by atoms with Crippen LogP contribution >= 0.6 is 0 Å². The normalized spacial score (nSPS) is 18.6. The van der Waals surface area contributed by atoms with Crippen molar-refractivity contribution in [1.29, 1.82) is 0 Å². The first kappa shape index (κ1) is 26.6. The largest absolute Gasteiger partial charge is 0.335 e. The van der Waals surface area contributed by atoms with Crippen molar-refractivity contribution in [2.45, 2.75) is 39.0 Å². The van der Waals surface area contributed by atoms with Gasteiger partial charge in [0.15, 0.2) is 5.65 Å². The molecule has 2 heterocycles. The fourth-order valence-electron chi connectivity index (χ4n) is 4.87. The molecule has 10 nitrogen and oxygen atoms in total. The van der Waals surface area contributed by atoms with E-state index in [4.69, 9.17) is 0 Å². The van der Waals surface area contributed by atoms with Crippen molar-refractivity contribution in [1.82, 2.24) is 19.3 Å². The number of sulfonamides is 1. The molecule has 2 N–H and O–H groups in total. The van der Waals surface area contributed by atoms with E-state index in [2.05, 4.69) is 26.2 Å². The molecule has 1 amide bonds. The first-order valence-electron chi connectivity index (χ1n) is 12.4. The molecular formula is C26H33N6O4S+. The lowest BCUT2D eigenvalue weighted by Gasteiger charge is -2.25. The summed E-state index contributed by atoms with van der Waals surface area (Å²) in [6.45, 7) is 1.45. The third-order valence-corrected chi connectivity index (χ3v) is 8.32. The Hall–Kier alpha value is -3.44. The average Bonchev–Trinajstić information content (AvgIpc) is 3.30. The monoisotopic (exact) mass is 525 g/mol. The van der Waals surface area contributed by atoms with Crippen molar-refractivity contribution < 1.29 is 22.6 Å². The van der Waals surface area contributed by atoms with Crippen molar-refractivity contribution in [3.63, 3.8) is 0 Å². The van der Waals surface area contributed by atoms with Gasteiger partial charge in [0.1, 0.15) is 5.39 Å². The molecule has 1 fully saturated rings. The van der Waals surface area contributed by atoms with Crippen LogP contribution in [0.4, 0.5) is 11.5 Å². The predicted molar refractivity (Wildman–Crippen MR) is 143 cm³/mol. The molecule has 0 aliphatic heterocycles. The average molecular weight is 526 g/mol. The van der Waals surface area contributed by atoms with E-state index >= 15 is 0 Å². The van der Waals surface area contributed by atoms with Crippen LogP contribution in [0.2, 0.25) is 0 Å². The number of nitrogens with zero attached hydrogens (tertiary/aromatic N) is 4. The van der Waals surface area contributed by atoms with Crippen LogP contribution in [-0.4, -0.2) is 65.4 Å². The number of nitrogens with one attached hydrogen (secondary N) is 2. The summed E-state index contributed by atoms with van der Waals surface area (Å²) in [5.74, 6) is 1.14. The second-order valence-electron chi connectivity index (χ2n) is 9.60. The molecule has 1 aromatic carbocycles. The van der Waals surface area contributed by atoms with E-state index in [1.165, 1.54) is 20.3 Å². The van der Waals surface area contributed by atoms with Crippen LogP contribution in [0.3, 0.4) is 0 Å². The molecule has 0 radical (unpaired) electrons. The Morgan fingerprint density at radius 1 is 1.11 bits per heavy atom. The highest BCUT2D eigenvalue weighted by atomic mass is 32.2.